The molecular formula is C11H19N3. The number of hydrogen-bond acceptors (Lipinski definition) is 2. The van der Waals surface area contributed by atoms with Gasteiger partial charge in [-0.15, -0.1) is 0 Å². The quantitative estimate of drug-likeness (QED) is 0.790. The Bertz CT molecular complexity index is 303. The van der Waals surface area contributed by atoms with Crippen LogP contribution in [-0.4, -0.2) is 15.8 Å². The smallest absolute Gasteiger partial charge is 0.0525 e. The molecule has 0 saturated heterocycles. The Morgan fingerprint density at radius 3 is 3.29 bits per heavy atom. The maximum Gasteiger partial charge on any atom is 0.0525 e. The molecule has 2 rings (SSSR count). The lowest BCUT2D eigenvalue weighted by molar-refractivity contribution is 0.508. The summed E-state index contributed by atoms with van der Waals surface area (Å²) >= 11 is 0. The minimum Gasteiger partial charge on any atom is -0.327 e. The normalized spacial score (nSPS) is 20.9. The minimum atomic E-state index is 0.353. The molecular weight excluding hydrogens is 174 g/mol. The van der Waals surface area contributed by atoms with Crippen LogP contribution in [0.1, 0.15) is 37.4 Å². The fourth-order valence-corrected chi connectivity index (χ4v) is 2.12. The van der Waals surface area contributed by atoms with Crippen molar-refractivity contribution in [2.45, 2.75) is 51.6 Å². The van der Waals surface area contributed by atoms with Crippen molar-refractivity contribution < 1.29 is 0 Å². The average molecular weight is 193 g/mol. The first-order valence-electron chi connectivity index (χ1n) is 5.60. The number of unbranched alkanes of at least 4 members (excludes halogenated alkanes) is 1. The molecule has 3 nitrogen and oxygen atoms in total. The van der Waals surface area contributed by atoms with E-state index in [0.29, 0.717) is 6.04 Å². The third kappa shape index (κ3) is 1.82. The van der Waals surface area contributed by atoms with E-state index in [0.717, 1.165) is 25.8 Å². The summed E-state index contributed by atoms with van der Waals surface area (Å²) in [5.41, 5.74) is 8.73. The van der Waals surface area contributed by atoms with E-state index in [-0.39, 0.29) is 0 Å². The van der Waals surface area contributed by atoms with Crippen LogP contribution in [0.25, 0.3) is 0 Å². The molecule has 1 aliphatic rings. The molecule has 1 aliphatic carbocycles. The van der Waals surface area contributed by atoms with E-state index in [1.54, 1.807) is 0 Å². The van der Waals surface area contributed by atoms with Crippen LogP contribution < -0.4 is 5.73 Å². The van der Waals surface area contributed by atoms with Gasteiger partial charge < -0.3 is 5.73 Å². The Hall–Kier alpha value is -0.830. The molecule has 0 spiro atoms. The average Bonchev–Trinajstić information content (AvgIpc) is 2.57. The first-order chi connectivity index (χ1) is 6.81. The van der Waals surface area contributed by atoms with Crippen LogP contribution in [0, 0.1) is 0 Å². The molecule has 0 saturated carbocycles. The van der Waals surface area contributed by atoms with Crippen molar-refractivity contribution in [3.63, 3.8) is 0 Å². The van der Waals surface area contributed by atoms with Crippen molar-refractivity contribution in [1.82, 2.24) is 9.78 Å². The van der Waals surface area contributed by atoms with Gasteiger partial charge in [0.15, 0.2) is 0 Å². The summed E-state index contributed by atoms with van der Waals surface area (Å²) in [6.07, 6.45) is 7.70. The minimum absolute atomic E-state index is 0.353. The zero-order chi connectivity index (χ0) is 9.97. The third-order valence-electron chi connectivity index (χ3n) is 2.99. The first-order valence-corrected chi connectivity index (χ1v) is 5.60. The van der Waals surface area contributed by atoms with Crippen molar-refractivity contribution in [2.24, 2.45) is 5.73 Å². The fraction of sp³-hybridized carbons (Fsp3) is 0.727. The molecule has 0 aromatic carbocycles. The highest BCUT2D eigenvalue weighted by Crippen LogP contribution is 2.20. The van der Waals surface area contributed by atoms with Crippen LogP contribution in [0.15, 0.2) is 6.20 Å². The third-order valence-corrected chi connectivity index (χ3v) is 2.99. The Morgan fingerprint density at radius 1 is 1.64 bits per heavy atom. The Balaban J connectivity index is 2.12. The fourth-order valence-electron chi connectivity index (χ4n) is 2.12. The molecule has 1 unspecified atom stereocenters. The van der Waals surface area contributed by atoms with Gasteiger partial charge in [-0.05, 0) is 31.2 Å². The second kappa shape index (κ2) is 4.13. The lowest BCUT2D eigenvalue weighted by Crippen LogP contribution is -2.28. The molecule has 0 radical (unpaired) electrons. The predicted molar refractivity (Wildman–Crippen MR) is 57.1 cm³/mol. The zero-order valence-electron chi connectivity index (χ0n) is 8.87. The van der Waals surface area contributed by atoms with Gasteiger partial charge in [-0.2, -0.15) is 5.10 Å². The maximum atomic E-state index is 5.92. The van der Waals surface area contributed by atoms with Gasteiger partial charge in [-0.25, -0.2) is 0 Å². The number of nitrogens with two attached hydrogens (primary N) is 1. The van der Waals surface area contributed by atoms with Crippen molar-refractivity contribution in [2.75, 3.05) is 0 Å². The van der Waals surface area contributed by atoms with Crippen molar-refractivity contribution in [1.29, 1.82) is 0 Å². The molecule has 2 N–H and O–H groups in total. The number of fused-ring (bicyclic) bond motifs is 1. The molecule has 1 aromatic rings. The van der Waals surface area contributed by atoms with Crippen LogP contribution in [-0.2, 0) is 19.4 Å². The van der Waals surface area contributed by atoms with E-state index in [1.807, 2.05) is 6.20 Å². The molecule has 1 aromatic heterocycles. The summed E-state index contributed by atoms with van der Waals surface area (Å²) in [5.74, 6) is 0. The highest BCUT2D eigenvalue weighted by Gasteiger charge is 2.19. The summed E-state index contributed by atoms with van der Waals surface area (Å²) in [4.78, 5) is 0. The van der Waals surface area contributed by atoms with E-state index in [2.05, 4.69) is 16.7 Å². The number of nitrogens with zero attached hydrogens (tertiary/aromatic N) is 2. The van der Waals surface area contributed by atoms with Gasteiger partial charge in [-0.1, -0.05) is 13.3 Å². The maximum absolute atomic E-state index is 5.92. The standard InChI is InChI=1S/C11H19N3/c1-2-3-6-14-11-5-4-10(12)7-9(11)8-13-14/h8,10H,2-7,12H2,1H3. The lowest BCUT2D eigenvalue weighted by Gasteiger charge is -2.19. The SMILES string of the molecule is CCCCn1ncc2c1CCC(N)C2. The van der Waals surface area contributed by atoms with Crippen molar-refractivity contribution in [3.8, 4) is 0 Å². The zero-order valence-corrected chi connectivity index (χ0v) is 8.87. The molecule has 14 heavy (non-hydrogen) atoms. The molecule has 3 heteroatoms. The lowest BCUT2D eigenvalue weighted by atomic mass is 9.94. The topological polar surface area (TPSA) is 43.8 Å². The molecule has 0 bridgehead atoms. The van der Waals surface area contributed by atoms with Gasteiger partial charge in [0, 0.05) is 18.3 Å². The van der Waals surface area contributed by atoms with Crippen LogP contribution in [0.2, 0.25) is 0 Å². The van der Waals surface area contributed by atoms with E-state index >= 15 is 0 Å². The summed E-state index contributed by atoms with van der Waals surface area (Å²) in [6, 6.07) is 0.353. The van der Waals surface area contributed by atoms with Gasteiger partial charge in [0.05, 0.1) is 6.20 Å². The molecule has 0 amide bonds. The molecule has 0 aliphatic heterocycles. The Morgan fingerprint density at radius 2 is 2.50 bits per heavy atom. The number of hydrogen-bond donors (Lipinski definition) is 1. The van der Waals surface area contributed by atoms with E-state index < -0.39 is 0 Å². The van der Waals surface area contributed by atoms with E-state index in [1.165, 1.54) is 24.1 Å². The number of aromatic nitrogens is 2. The Labute approximate surface area is 85.3 Å². The van der Waals surface area contributed by atoms with Crippen LogP contribution in [0.3, 0.4) is 0 Å². The molecule has 78 valence electrons. The van der Waals surface area contributed by atoms with Gasteiger partial charge in [-0.3, -0.25) is 4.68 Å². The van der Waals surface area contributed by atoms with E-state index in [4.69, 9.17) is 5.73 Å². The molecule has 1 heterocycles. The van der Waals surface area contributed by atoms with E-state index in [9.17, 15) is 0 Å². The van der Waals surface area contributed by atoms with Crippen LogP contribution >= 0.6 is 0 Å². The van der Waals surface area contributed by atoms with Gasteiger partial charge in [0.1, 0.15) is 0 Å². The van der Waals surface area contributed by atoms with Gasteiger partial charge >= 0.3 is 0 Å². The predicted octanol–water partition coefficient (Wildman–Crippen LogP) is 1.50. The number of rotatable bonds is 3. The summed E-state index contributed by atoms with van der Waals surface area (Å²) in [7, 11) is 0. The second-order valence-corrected chi connectivity index (χ2v) is 4.20. The summed E-state index contributed by atoms with van der Waals surface area (Å²) in [6.45, 7) is 3.28. The van der Waals surface area contributed by atoms with Crippen LogP contribution in [0.5, 0.6) is 0 Å². The molecule has 1 atom stereocenters. The summed E-state index contributed by atoms with van der Waals surface area (Å²) in [5, 5.41) is 4.43. The first kappa shape index (κ1) is 9.71. The highest BCUT2D eigenvalue weighted by molar-refractivity contribution is 5.22. The monoisotopic (exact) mass is 193 g/mol. The van der Waals surface area contributed by atoms with Gasteiger partial charge in [0.25, 0.3) is 0 Å². The van der Waals surface area contributed by atoms with Crippen molar-refractivity contribution >= 4 is 0 Å². The second-order valence-electron chi connectivity index (χ2n) is 4.20. The largest absolute Gasteiger partial charge is 0.327 e. The highest BCUT2D eigenvalue weighted by atomic mass is 15.3. The van der Waals surface area contributed by atoms with Crippen molar-refractivity contribution in [3.05, 3.63) is 17.5 Å². The van der Waals surface area contributed by atoms with Crippen LogP contribution in [0.4, 0.5) is 0 Å². The summed E-state index contributed by atoms with van der Waals surface area (Å²) < 4.78 is 2.17. The van der Waals surface area contributed by atoms with Gasteiger partial charge in [0.2, 0.25) is 0 Å². The number of aryl methyl sites for hydroxylation is 1. The molecule has 0 fully saturated rings. The Kier molecular flexibility index (Phi) is 2.87.